The molecule has 2 fully saturated rings. The lowest BCUT2D eigenvalue weighted by Crippen LogP contribution is -2.50. The predicted molar refractivity (Wildman–Crippen MR) is 277 cm³/mol. The van der Waals surface area contributed by atoms with Crippen LogP contribution < -0.4 is 34.9 Å². The van der Waals surface area contributed by atoms with Gasteiger partial charge in [0, 0.05) is 55.7 Å². The number of aliphatic hydroxyl groups is 1. The van der Waals surface area contributed by atoms with Crippen molar-refractivity contribution in [1.29, 1.82) is 0 Å². The van der Waals surface area contributed by atoms with E-state index in [0.29, 0.717) is 54.0 Å². The summed E-state index contributed by atoms with van der Waals surface area (Å²) in [7, 11) is 3.01. The number of carbonyl (C=O) groups is 5. The first-order valence-corrected chi connectivity index (χ1v) is 25.7. The van der Waals surface area contributed by atoms with Crippen molar-refractivity contribution in [2.75, 3.05) is 38.9 Å². The molecule has 4 aliphatic heterocycles. The molecule has 5 atom stereocenters. The number of hydrogen-bond donors (Lipinski definition) is 3. The third kappa shape index (κ3) is 10.3. The van der Waals surface area contributed by atoms with Crippen LogP contribution in [0.25, 0.3) is 16.6 Å². The highest BCUT2D eigenvalue weighted by Gasteiger charge is 2.58. The van der Waals surface area contributed by atoms with Crippen molar-refractivity contribution >= 4 is 51.9 Å². The number of amides is 4. The van der Waals surface area contributed by atoms with Crippen molar-refractivity contribution in [3.63, 3.8) is 0 Å². The first-order valence-electron chi connectivity index (χ1n) is 25.7. The van der Waals surface area contributed by atoms with Crippen molar-refractivity contribution in [3.8, 4) is 23.0 Å². The first kappa shape index (κ1) is 50.9. The summed E-state index contributed by atoms with van der Waals surface area (Å²) in [4.78, 5) is 81.6. The summed E-state index contributed by atoms with van der Waals surface area (Å²) in [5, 5.41) is 14.8. The molecule has 392 valence electrons. The zero-order chi connectivity index (χ0) is 52.7. The Balaban J connectivity index is 0.797. The number of anilines is 1. The van der Waals surface area contributed by atoms with Crippen molar-refractivity contribution in [2.45, 2.75) is 109 Å². The molecule has 5 heterocycles. The highest BCUT2D eigenvalue weighted by molar-refractivity contribution is 6.06. The van der Waals surface area contributed by atoms with Crippen LogP contribution >= 0.6 is 0 Å². The number of aryl methyl sites for hydroxylation is 1. The molecule has 0 radical (unpaired) electrons. The number of ketones is 1. The highest BCUT2D eigenvalue weighted by atomic mass is 16.6. The molecule has 4 aromatic carbocycles. The minimum absolute atomic E-state index is 0.00375. The molecular weight excluding hydrogens is 959 g/mol. The van der Waals surface area contributed by atoms with Crippen LogP contribution in [-0.2, 0) is 33.8 Å². The SMILES string of the molecule is COc1cc2c(cc1OCCCOc1cc3c(cc1OC)C(=O)N1CC4(CC4)C[C@H]1C(O)N3C(=O)OCc1ccc(CC(=O)[C@H](C)NC(=O)[C@@H](N)C(C)C)cc1)CC[C@@H]1CC(c3ccc4nccnc4c3)=CN1C2=O. The molecule has 1 aliphatic carbocycles. The molecule has 4 N–H and O–H groups in total. The Labute approximate surface area is 435 Å². The number of methoxy groups -OCH3 is 2. The Kier molecular flexibility index (Phi) is 14.2. The van der Waals surface area contributed by atoms with Gasteiger partial charge >= 0.3 is 6.09 Å². The monoisotopic (exact) mass is 1020 g/mol. The number of aromatic nitrogens is 2. The second-order valence-electron chi connectivity index (χ2n) is 20.8. The van der Waals surface area contributed by atoms with Gasteiger partial charge in [-0.2, -0.15) is 0 Å². The molecule has 0 bridgehead atoms. The number of nitrogens with two attached hydrogens (primary N) is 1. The number of nitrogens with one attached hydrogen (secondary N) is 1. The Morgan fingerprint density at radius 2 is 1.52 bits per heavy atom. The van der Waals surface area contributed by atoms with Gasteiger partial charge in [-0.15, -0.1) is 0 Å². The molecule has 1 saturated carbocycles. The van der Waals surface area contributed by atoms with Crippen molar-refractivity contribution in [3.05, 3.63) is 119 Å². The molecular formula is C57H63N7O11. The molecule has 1 unspecified atom stereocenters. The number of Topliss-reactive ketones (excluding diaryl/α,β-unsaturated/α-hetero) is 1. The molecule has 10 rings (SSSR count). The van der Waals surface area contributed by atoms with Crippen LogP contribution in [0.5, 0.6) is 23.0 Å². The maximum atomic E-state index is 14.4. The lowest BCUT2D eigenvalue weighted by molar-refractivity contribution is -0.128. The molecule has 18 nitrogen and oxygen atoms in total. The molecule has 1 spiro atoms. The molecule has 4 amide bonds. The van der Waals surface area contributed by atoms with Gasteiger partial charge in [-0.3, -0.25) is 29.1 Å². The second-order valence-corrected chi connectivity index (χ2v) is 20.8. The Morgan fingerprint density at radius 1 is 0.840 bits per heavy atom. The number of rotatable bonds is 17. The molecule has 1 saturated heterocycles. The van der Waals surface area contributed by atoms with Gasteiger partial charge in [0.2, 0.25) is 5.91 Å². The minimum Gasteiger partial charge on any atom is -0.493 e. The van der Waals surface area contributed by atoms with Gasteiger partial charge in [0.05, 0.1) is 67.8 Å². The number of fused-ring (bicyclic) bond motifs is 5. The van der Waals surface area contributed by atoms with E-state index < -0.39 is 30.4 Å². The minimum atomic E-state index is -1.42. The van der Waals surface area contributed by atoms with E-state index >= 15 is 0 Å². The zero-order valence-corrected chi connectivity index (χ0v) is 42.9. The summed E-state index contributed by atoms with van der Waals surface area (Å²) in [6, 6.07) is 17.6. The summed E-state index contributed by atoms with van der Waals surface area (Å²) in [6.07, 6.45) is 8.06. The average molecular weight is 1020 g/mol. The van der Waals surface area contributed by atoms with Gasteiger partial charge in [0.1, 0.15) is 6.61 Å². The van der Waals surface area contributed by atoms with E-state index in [1.165, 1.54) is 13.2 Å². The fraction of sp³-hybridized carbons (Fsp3) is 0.421. The van der Waals surface area contributed by atoms with Gasteiger partial charge in [-0.25, -0.2) is 9.69 Å². The number of aliphatic hydroxyl groups excluding tert-OH is 1. The number of nitrogens with zero attached hydrogens (tertiary/aromatic N) is 5. The van der Waals surface area contributed by atoms with E-state index in [9.17, 15) is 29.1 Å². The van der Waals surface area contributed by atoms with E-state index in [1.807, 2.05) is 49.2 Å². The van der Waals surface area contributed by atoms with Crippen LogP contribution in [0, 0.1) is 11.3 Å². The molecule has 1 aromatic heterocycles. The molecule has 18 heteroatoms. The van der Waals surface area contributed by atoms with Crippen molar-refractivity contribution < 1.29 is 52.8 Å². The number of ether oxygens (including phenoxy) is 5. The van der Waals surface area contributed by atoms with E-state index in [4.69, 9.17) is 29.4 Å². The van der Waals surface area contributed by atoms with Crippen LogP contribution in [0.1, 0.15) is 102 Å². The topological polar surface area (TPSA) is 225 Å². The van der Waals surface area contributed by atoms with Gasteiger partial charge in [-0.1, -0.05) is 44.2 Å². The van der Waals surface area contributed by atoms with Crippen LogP contribution in [-0.4, -0.2) is 119 Å². The zero-order valence-electron chi connectivity index (χ0n) is 42.9. The second kappa shape index (κ2) is 21.0. The van der Waals surface area contributed by atoms with Gasteiger partial charge in [-0.05, 0) is 115 Å². The molecule has 75 heavy (non-hydrogen) atoms. The third-order valence-corrected chi connectivity index (χ3v) is 15.4. The summed E-state index contributed by atoms with van der Waals surface area (Å²) < 4.78 is 29.9. The summed E-state index contributed by atoms with van der Waals surface area (Å²) in [5.41, 5.74) is 12.6. The number of benzene rings is 4. The number of hydrogen-bond acceptors (Lipinski definition) is 14. The first-order chi connectivity index (χ1) is 36.1. The smallest absolute Gasteiger partial charge is 0.416 e. The Hall–Kier alpha value is -7.57. The van der Waals surface area contributed by atoms with E-state index in [0.717, 1.165) is 58.3 Å². The van der Waals surface area contributed by atoms with Crippen LogP contribution in [0.3, 0.4) is 0 Å². The lowest BCUT2D eigenvalue weighted by atomic mass is 9.97. The standard InChI is InChI=1S/C57H63N7O11/c1-32(2)51(58)52(66)61-33(3)46(65)21-34-7-9-35(10-8-34)30-75-56(70)64-44-27-50(48(72-5)26-41(44)54(68)63-31-57(15-16-57)28-45(63)55(64)69)74-20-6-19-73-49-24-37-11-13-39-22-38(29-62(39)53(67)40(37)25-47(49)71-4)36-12-14-42-43(23-36)60-18-17-59-42/h7-10,12,14,17-18,23-27,29,32-33,39,45,51,55,69H,6,11,13,15-16,19-22,28,30-31,58H2,1-5H3,(H,61,66)/t33-,39+,45-,51-,55?/m0/s1. The van der Waals surface area contributed by atoms with Crippen molar-refractivity contribution in [2.24, 2.45) is 17.1 Å². The highest BCUT2D eigenvalue weighted by Crippen LogP contribution is 2.57. The Morgan fingerprint density at radius 3 is 2.21 bits per heavy atom. The maximum absolute atomic E-state index is 14.4. The largest absolute Gasteiger partial charge is 0.493 e. The fourth-order valence-electron chi connectivity index (χ4n) is 10.7. The summed E-state index contributed by atoms with van der Waals surface area (Å²) in [5.74, 6) is 0.371. The fourth-order valence-corrected chi connectivity index (χ4v) is 10.7. The third-order valence-electron chi connectivity index (χ3n) is 15.4. The predicted octanol–water partition coefficient (Wildman–Crippen LogP) is 6.77. The van der Waals surface area contributed by atoms with Gasteiger partial charge in [0.15, 0.2) is 35.0 Å². The summed E-state index contributed by atoms with van der Waals surface area (Å²) in [6.45, 7) is 5.98. The van der Waals surface area contributed by atoms with Crippen molar-refractivity contribution in [1.82, 2.24) is 25.1 Å². The Bertz CT molecular complexity index is 3080. The number of carbonyl (C=O) groups excluding carboxylic acids is 5. The molecule has 5 aliphatic rings. The van der Waals surface area contributed by atoms with E-state index in [2.05, 4.69) is 15.3 Å². The normalized spacial score (nSPS) is 20.0. The lowest BCUT2D eigenvalue weighted by Gasteiger charge is -2.31. The average Bonchev–Trinajstić information content (AvgIpc) is 3.92. The van der Waals surface area contributed by atoms with E-state index in [1.54, 1.807) is 67.7 Å². The van der Waals surface area contributed by atoms with Crippen LogP contribution in [0.15, 0.2) is 85.3 Å². The van der Waals surface area contributed by atoms with Crippen LogP contribution in [0.2, 0.25) is 0 Å². The van der Waals surface area contributed by atoms with Gasteiger partial charge in [0.25, 0.3) is 11.8 Å². The van der Waals surface area contributed by atoms with Gasteiger partial charge < -0.3 is 49.6 Å². The molecule has 5 aromatic rings. The summed E-state index contributed by atoms with van der Waals surface area (Å²) >= 11 is 0. The van der Waals surface area contributed by atoms with E-state index in [-0.39, 0.29) is 89.9 Å². The maximum Gasteiger partial charge on any atom is 0.416 e. The van der Waals surface area contributed by atoms with Crippen LogP contribution in [0.4, 0.5) is 10.5 Å². The quantitative estimate of drug-likeness (QED) is 0.0819.